The molecule has 1 unspecified atom stereocenters. The fourth-order valence-electron chi connectivity index (χ4n) is 2.93. The van der Waals surface area contributed by atoms with Gasteiger partial charge >= 0.3 is 0 Å². The molecule has 1 fully saturated rings. The molecule has 1 saturated carbocycles. The van der Waals surface area contributed by atoms with E-state index in [1.54, 1.807) is 6.20 Å². The van der Waals surface area contributed by atoms with Gasteiger partial charge in [-0.3, -0.25) is 11.3 Å². The fourth-order valence-corrected chi connectivity index (χ4v) is 2.93. The molecule has 2 rings (SSSR count). The Morgan fingerprint density at radius 3 is 2.61 bits per heavy atom. The van der Waals surface area contributed by atoms with Gasteiger partial charge in [-0.25, -0.2) is 4.98 Å². The van der Waals surface area contributed by atoms with Gasteiger partial charge in [0.15, 0.2) is 0 Å². The summed E-state index contributed by atoms with van der Waals surface area (Å²) in [5.41, 5.74) is 10.4. The number of hydrogen-bond acceptors (Lipinski definition) is 4. The van der Waals surface area contributed by atoms with E-state index in [1.165, 1.54) is 25.7 Å². The number of nitrogens with two attached hydrogens (primary N) is 2. The zero-order valence-electron chi connectivity index (χ0n) is 11.3. The van der Waals surface area contributed by atoms with Crippen LogP contribution in [0.5, 0.6) is 0 Å². The highest BCUT2D eigenvalue weighted by atomic mass is 15.2. The summed E-state index contributed by atoms with van der Waals surface area (Å²) in [4.78, 5) is 4.15. The topological polar surface area (TPSA) is 77.0 Å². The second-order valence-electron chi connectivity index (χ2n) is 6.12. The largest absolute Gasteiger partial charge is 0.383 e. The molecule has 5 N–H and O–H groups in total. The molecule has 100 valence electrons. The maximum Gasteiger partial charge on any atom is 0.128 e. The van der Waals surface area contributed by atoms with Gasteiger partial charge in [-0.15, -0.1) is 0 Å². The molecule has 0 saturated heterocycles. The molecule has 1 heterocycles. The molecular formula is C14H24N4. The van der Waals surface area contributed by atoms with Crippen molar-refractivity contribution in [1.82, 2.24) is 10.4 Å². The van der Waals surface area contributed by atoms with Crippen LogP contribution in [0.15, 0.2) is 18.3 Å². The normalized spacial score (nSPS) is 21.7. The molecular weight excluding hydrogens is 224 g/mol. The molecule has 1 aliphatic carbocycles. The summed E-state index contributed by atoms with van der Waals surface area (Å²) in [7, 11) is 0. The first-order chi connectivity index (χ1) is 8.53. The lowest BCUT2D eigenvalue weighted by Crippen LogP contribution is -2.37. The van der Waals surface area contributed by atoms with E-state index in [0.717, 1.165) is 5.56 Å². The van der Waals surface area contributed by atoms with Crippen molar-refractivity contribution in [2.24, 2.45) is 17.2 Å². The van der Waals surface area contributed by atoms with E-state index >= 15 is 0 Å². The minimum atomic E-state index is 0.120. The molecule has 1 aliphatic rings. The first-order valence-electron chi connectivity index (χ1n) is 6.70. The van der Waals surface area contributed by atoms with E-state index in [9.17, 15) is 0 Å². The Hall–Kier alpha value is -1.13. The third kappa shape index (κ3) is 2.82. The standard InChI is InChI=1S/C14H24N4/c1-14(2)7-5-10(6-8-14)12(18-16)11-4-3-9-17-13(11)15/h3-4,9-10,12,18H,5-8,16H2,1-2H3,(H2,15,17). The van der Waals surface area contributed by atoms with E-state index in [2.05, 4.69) is 24.3 Å². The second kappa shape index (κ2) is 5.24. The van der Waals surface area contributed by atoms with Crippen molar-refractivity contribution in [3.05, 3.63) is 23.9 Å². The first kappa shape index (κ1) is 13.3. The Balaban J connectivity index is 2.13. The minimum absolute atomic E-state index is 0.120. The third-order valence-electron chi connectivity index (χ3n) is 4.24. The Bertz CT molecular complexity index is 393. The highest BCUT2D eigenvalue weighted by Crippen LogP contribution is 2.43. The maximum absolute atomic E-state index is 5.95. The highest BCUT2D eigenvalue weighted by molar-refractivity contribution is 5.41. The number of rotatable bonds is 3. The third-order valence-corrected chi connectivity index (χ3v) is 4.24. The van der Waals surface area contributed by atoms with Gasteiger partial charge in [0.1, 0.15) is 5.82 Å². The Morgan fingerprint density at radius 1 is 1.39 bits per heavy atom. The lowest BCUT2D eigenvalue weighted by atomic mass is 9.70. The van der Waals surface area contributed by atoms with Gasteiger partial charge in [-0.05, 0) is 43.1 Å². The average Bonchev–Trinajstić information content (AvgIpc) is 2.34. The van der Waals surface area contributed by atoms with E-state index in [1.807, 2.05) is 12.1 Å². The van der Waals surface area contributed by atoms with Crippen molar-refractivity contribution < 1.29 is 0 Å². The van der Waals surface area contributed by atoms with Crippen LogP contribution in [-0.4, -0.2) is 4.98 Å². The van der Waals surface area contributed by atoms with E-state index < -0.39 is 0 Å². The van der Waals surface area contributed by atoms with Crippen LogP contribution in [0.1, 0.15) is 51.1 Å². The lowest BCUT2D eigenvalue weighted by Gasteiger charge is -2.38. The van der Waals surface area contributed by atoms with Crippen molar-refractivity contribution in [2.45, 2.75) is 45.6 Å². The molecule has 0 aromatic carbocycles. The number of nitrogens with zero attached hydrogens (tertiary/aromatic N) is 1. The lowest BCUT2D eigenvalue weighted by molar-refractivity contribution is 0.161. The molecule has 1 aromatic rings. The summed E-state index contributed by atoms with van der Waals surface area (Å²) in [6.45, 7) is 4.68. The molecule has 0 aliphatic heterocycles. The number of hydrazine groups is 1. The molecule has 1 aromatic heterocycles. The van der Waals surface area contributed by atoms with Crippen LogP contribution in [0.2, 0.25) is 0 Å². The van der Waals surface area contributed by atoms with Crippen molar-refractivity contribution >= 4 is 5.82 Å². The molecule has 0 radical (unpaired) electrons. The van der Waals surface area contributed by atoms with Crippen LogP contribution < -0.4 is 17.0 Å². The van der Waals surface area contributed by atoms with Crippen molar-refractivity contribution in [3.8, 4) is 0 Å². The number of aromatic nitrogens is 1. The summed E-state index contributed by atoms with van der Waals surface area (Å²) in [5.74, 6) is 6.88. The zero-order valence-corrected chi connectivity index (χ0v) is 11.3. The second-order valence-corrected chi connectivity index (χ2v) is 6.12. The average molecular weight is 248 g/mol. The first-order valence-corrected chi connectivity index (χ1v) is 6.70. The van der Waals surface area contributed by atoms with Crippen LogP contribution in [0.4, 0.5) is 5.82 Å². The maximum atomic E-state index is 5.95. The quantitative estimate of drug-likeness (QED) is 0.567. The molecule has 4 heteroatoms. The minimum Gasteiger partial charge on any atom is -0.383 e. The van der Waals surface area contributed by atoms with E-state index in [0.29, 0.717) is 17.2 Å². The van der Waals surface area contributed by atoms with Crippen LogP contribution in [0.25, 0.3) is 0 Å². The molecule has 0 spiro atoms. The number of hydrogen-bond donors (Lipinski definition) is 3. The predicted octanol–water partition coefficient (Wildman–Crippen LogP) is 2.38. The summed E-state index contributed by atoms with van der Waals surface area (Å²) in [6, 6.07) is 4.06. The molecule has 18 heavy (non-hydrogen) atoms. The van der Waals surface area contributed by atoms with Gasteiger partial charge in [-0.2, -0.15) is 0 Å². The monoisotopic (exact) mass is 248 g/mol. The summed E-state index contributed by atoms with van der Waals surface area (Å²) in [6.07, 6.45) is 6.59. The summed E-state index contributed by atoms with van der Waals surface area (Å²) >= 11 is 0. The predicted molar refractivity (Wildman–Crippen MR) is 74.5 cm³/mol. The number of pyridine rings is 1. The SMILES string of the molecule is CC1(C)CCC(C(NN)c2cccnc2N)CC1. The summed E-state index contributed by atoms with van der Waals surface area (Å²) in [5, 5.41) is 0. The molecule has 0 amide bonds. The number of nitrogen functional groups attached to an aromatic ring is 1. The van der Waals surface area contributed by atoms with Crippen LogP contribution in [-0.2, 0) is 0 Å². The smallest absolute Gasteiger partial charge is 0.128 e. The zero-order chi connectivity index (χ0) is 13.2. The van der Waals surface area contributed by atoms with Gasteiger partial charge in [0.2, 0.25) is 0 Å². The van der Waals surface area contributed by atoms with Crippen LogP contribution in [0, 0.1) is 11.3 Å². The van der Waals surface area contributed by atoms with Gasteiger partial charge < -0.3 is 5.73 Å². The van der Waals surface area contributed by atoms with Gasteiger partial charge in [0, 0.05) is 11.8 Å². The number of nitrogens with one attached hydrogen (secondary N) is 1. The fraction of sp³-hybridized carbons (Fsp3) is 0.643. The Kier molecular flexibility index (Phi) is 3.88. The molecule has 0 bridgehead atoms. The molecule has 1 atom stereocenters. The highest BCUT2D eigenvalue weighted by Gasteiger charge is 2.32. The van der Waals surface area contributed by atoms with Crippen LogP contribution >= 0.6 is 0 Å². The van der Waals surface area contributed by atoms with Crippen LogP contribution in [0.3, 0.4) is 0 Å². The Labute approximate surface area is 109 Å². The van der Waals surface area contributed by atoms with Crippen molar-refractivity contribution in [2.75, 3.05) is 5.73 Å². The van der Waals surface area contributed by atoms with Crippen molar-refractivity contribution in [1.29, 1.82) is 0 Å². The van der Waals surface area contributed by atoms with Gasteiger partial charge in [0.05, 0.1) is 6.04 Å². The van der Waals surface area contributed by atoms with Gasteiger partial charge in [0.25, 0.3) is 0 Å². The van der Waals surface area contributed by atoms with E-state index in [-0.39, 0.29) is 6.04 Å². The van der Waals surface area contributed by atoms with Crippen molar-refractivity contribution in [3.63, 3.8) is 0 Å². The summed E-state index contributed by atoms with van der Waals surface area (Å²) < 4.78 is 0. The number of anilines is 1. The Morgan fingerprint density at radius 2 is 2.06 bits per heavy atom. The molecule has 4 nitrogen and oxygen atoms in total. The van der Waals surface area contributed by atoms with Gasteiger partial charge in [-0.1, -0.05) is 19.9 Å². The van der Waals surface area contributed by atoms with E-state index in [4.69, 9.17) is 11.6 Å².